The SMILES string of the molecule is CCCCNP(=O)([S-])OCC.[Na+]. The molecule has 1 N–H and O–H groups in total. The zero-order valence-corrected chi connectivity index (χ0v) is 11.7. The molecule has 0 bridgehead atoms. The molecule has 0 saturated carbocycles. The van der Waals surface area contributed by atoms with Crippen LogP contribution in [0, 0.1) is 0 Å². The molecule has 68 valence electrons. The topological polar surface area (TPSA) is 38.3 Å². The molecule has 6 heteroatoms. The molecule has 0 aromatic carbocycles. The number of hydrogen-bond donors (Lipinski definition) is 1. The van der Waals surface area contributed by atoms with Crippen LogP contribution in [0.25, 0.3) is 0 Å². The van der Waals surface area contributed by atoms with Crippen molar-refractivity contribution in [2.24, 2.45) is 0 Å². The second-order valence-corrected chi connectivity index (χ2v) is 5.19. The van der Waals surface area contributed by atoms with E-state index < -0.39 is 6.72 Å². The van der Waals surface area contributed by atoms with E-state index in [1.54, 1.807) is 6.92 Å². The summed E-state index contributed by atoms with van der Waals surface area (Å²) in [7, 11) is 0. The molecule has 0 aliphatic rings. The largest absolute Gasteiger partial charge is 1.00 e. The Balaban J connectivity index is 0. The minimum Gasteiger partial charge on any atom is -0.673 e. The van der Waals surface area contributed by atoms with E-state index >= 15 is 0 Å². The summed E-state index contributed by atoms with van der Waals surface area (Å²) >= 11 is 4.68. The Bertz CT molecular complexity index is 148. The van der Waals surface area contributed by atoms with E-state index in [0.29, 0.717) is 13.2 Å². The van der Waals surface area contributed by atoms with Crippen LogP contribution in [0.15, 0.2) is 0 Å². The smallest absolute Gasteiger partial charge is 0.673 e. The maximum atomic E-state index is 11.2. The van der Waals surface area contributed by atoms with Gasteiger partial charge in [-0.1, -0.05) is 13.3 Å². The van der Waals surface area contributed by atoms with E-state index in [4.69, 9.17) is 4.52 Å². The first-order chi connectivity index (χ1) is 5.12. The van der Waals surface area contributed by atoms with Gasteiger partial charge in [-0.25, -0.2) is 0 Å². The van der Waals surface area contributed by atoms with E-state index in [9.17, 15) is 4.57 Å². The van der Waals surface area contributed by atoms with Crippen molar-refractivity contribution in [1.29, 1.82) is 0 Å². The van der Waals surface area contributed by atoms with Gasteiger partial charge in [0.25, 0.3) is 0 Å². The summed E-state index contributed by atoms with van der Waals surface area (Å²) in [5.74, 6) is 0. The van der Waals surface area contributed by atoms with E-state index in [2.05, 4.69) is 24.3 Å². The molecule has 0 radical (unpaired) electrons. The Morgan fingerprint density at radius 2 is 2.08 bits per heavy atom. The third-order valence-corrected chi connectivity index (χ3v) is 3.05. The predicted molar refractivity (Wildman–Crippen MR) is 49.5 cm³/mol. The van der Waals surface area contributed by atoms with Crippen LogP contribution in [0.3, 0.4) is 0 Å². The summed E-state index contributed by atoms with van der Waals surface area (Å²) < 4.78 is 16.0. The van der Waals surface area contributed by atoms with Crippen molar-refractivity contribution in [2.45, 2.75) is 26.7 Å². The molecule has 0 aliphatic heterocycles. The van der Waals surface area contributed by atoms with E-state index in [-0.39, 0.29) is 29.6 Å². The van der Waals surface area contributed by atoms with Gasteiger partial charge in [-0.05, 0) is 13.3 Å². The molecule has 0 fully saturated rings. The van der Waals surface area contributed by atoms with Crippen LogP contribution in [0.4, 0.5) is 0 Å². The number of rotatable bonds is 6. The third-order valence-electron chi connectivity index (χ3n) is 1.13. The zero-order valence-electron chi connectivity index (χ0n) is 8.00. The first-order valence-electron chi connectivity index (χ1n) is 3.83. The van der Waals surface area contributed by atoms with Gasteiger partial charge < -0.3 is 21.3 Å². The van der Waals surface area contributed by atoms with Crippen LogP contribution >= 0.6 is 6.72 Å². The number of hydrogen-bond acceptors (Lipinski definition) is 3. The van der Waals surface area contributed by atoms with Crippen molar-refractivity contribution in [3.63, 3.8) is 0 Å². The molecule has 0 spiro atoms. The molecule has 0 aliphatic carbocycles. The third kappa shape index (κ3) is 9.59. The van der Waals surface area contributed by atoms with Crippen LogP contribution in [0.1, 0.15) is 26.7 Å². The monoisotopic (exact) mass is 219 g/mol. The normalized spacial score (nSPS) is 14.9. The molecule has 0 heterocycles. The second-order valence-electron chi connectivity index (χ2n) is 2.18. The standard InChI is InChI=1S/C6H16NO2PS.Na/c1-3-5-6-7-10(8,11)9-4-2;/h3-6H2,1-2H3,(H2,7,8,11);/q;+1/p-1. The first kappa shape index (κ1) is 15.9. The predicted octanol–water partition coefficient (Wildman–Crippen LogP) is -0.928. The quantitative estimate of drug-likeness (QED) is 0.271. The van der Waals surface area contributed by atoms with E-state index in [1.807, 2.05) is 0 Å². The molecule has 12 heavy (non-hydrogen) atoms. The van der Waals surface area contributed by atoms with Crippen LogP contribution in [-0.2, 0) is 21.3 Å². The summed E-state index contributed by atoms with van der Waals surface area (Å²) in [4.78, 5) is 0. The molecule has 0 amide bonds. The molecule has 0 aromatic rings. The van der Waals surface area contributed by atoms with E-state index in [1.165, 1.54) is 0 Å². The van der Waals surface area contributed by atoms with Crippen molar-refractivity contribution in [1.82, 2.24) is 5.09 Å². The summed E-state index contributed by atoms with van der Waals surface area (Å²) in [6.45, 7) is 2.04. The maximum absolute atomic E-state index is 11.2. The molecule has 1 atom stereocenters. The van der Waals surface area contributed by atoms with Crippen LogP contribution in [0.5, 0.6) is 0 Å². The van der Waals surface area contributed by atoms with Gasteiger partial charge >= 0.3 is 29.6 Å². The Kier molecular flexibility index (Phi) is 12.1. The molecule has 3 nitrogen and oxygen atoms in total. The van der Waals surface area contributed by atoms with Gasteiger partial charge in [-0.3, -0.25) is 5.09 Å². The number of nitrogens with one attached hydrogen (secondary N) is 1. The summed E-state index contributed by atoms with van der Waals surface area (Å²) in [6, 6.07) is 0. The van der Waals surface area contributed by atoms with Crippen molar-refractivity contribution in [3.8, 4) is 0 Å². The van der Waals surface area contributed by atoms with Crippen LogP contribution in [0.2, 0.25) is 0 Å². The average molecular weight is 219 g/mol. The van der Waals surface area contributed by atoms with Gasteiger partial charge in [0.2, 0.25) is 0 Å². The molecule has 0 aromatic heterocycles. The maximum Gasteiger partial charge on any atom is 1.00 e. The Labute approximate surface area is 102 Å². The fourth-order valence-corrected chi connectivity index (χ4v) is 2.06. The average Bonchev–Trinajstić information content (AvgIpc) is 1.87. The fraction of sp³-hybridized carbons (Fsp3) is 1.00. The summed E-state index contributed by atoms with van der Waals surface area (Å²) in [6.07, 6.45) is 2.04. The zero-order chi connectivity index (χ0) is 8.74. The van der Waals surface area contributed by atoms with Gasteiger partial charge in [0, 0.05) is 6.54 Å². The molecule has 1 unspecified atom stereocenters. The fourth-order valence-electron chi connectivity index (χ4n) is 0.608. The van der Waals surface area contributed by atoms with Gasteiger partial charge in [-0.2, -0.15) is 0 Å². The summed E-state index contributed by atoms with van der Waals surface area (Å²) in [5.41, 5.74) is 0. The van der Waals surface area contributed by atoms with Crippen molar-refractivity contribution in [2.75, 3.05) is 13.2 Å². The Morgan fingerprint density at radius 1 is 1.50 bits per heavy atom. The van der Waals surface area contributed by atoms with Gasteiger partial charge in [0.1, 0.15) is 6.72 Å². The van der Waals surface area contributed by atoms with E-state index in [0.717, 1.165) is 12.8 Å². The van der Waals surface area contributed by atoms with Crippen molar-refractivity contribution in [3.05, 3.63) is 0 Å². The molecular formula is C6H15NNaO2PS. The Hall–Kier alpha value is 1.50. The van der Waals surface area contributed by atoms with Crippen LogP contribution in [-0.4, -0.2) is 13.2 Å². The van der Waals surface area contributed by atoms with Crippen molar-refractivity contribution < 1.29 is 38.6 Å². The minimum atomic E-state index is -2.89. The first-order valence-corrected chi connectivity index (χ1v) is 6.47. The second kappa shape index (κ2) is 9.07. The minimum absolute atomic E-state index is 0. The van der Waals surface area contributed by atoms with Crippen molar-refractivity contribution >= 4 is 19.0 Å². The molecular weight excluding hydrogens is 204 g/mol. The van der Waals surface area contributed by atoms with Crippen LogP contribution < -0.4 is 34.6 Å². The van der Waals surface area contributed by atoms with Gasteiger partial charge in [0.05, 0.1) is 6.61 Å². The number of unbranched alkanes of at least 4 members (excludes halogenated alkanes) is 1. The molecule has 0 rings (SSSR count). The molecule has 0 saturated heterocycles. The van der Waals surface area contributed by atoms with Gasteiger partial charge in [0.15, 0.2) is 0 Å². The Morgan fingerprint density at radius 3 is 2.50 bits per heavy atom. The van der Waals surface area contributed by atoms with Gasteiger partial charge in [-0.15, -0.1) is 0 Å². The summed E-state index contributed by atoms with van der Waals surface area (Å²) in [5, 5.41) is 2.71.